The van der Waals surface area contributed by atoms with Gasteiger partial charge in [0.05, 0.1) is 0 Å². The molecule has 3 aliphatic rings. The van der Waals surface area contributed by atoms with Gasteiger partial charge in [0.25, 0.3) is 0 Å². The minimum atomic E-state index is 0.0562. The monoisotopic (exact) mass is 152 g/mol. The molecule has 0 aromatic rings. The first-order chi connectivity index (χ1) is 5.34. The van der Waals surface area contributed by atoms with Crippen LogP contribution in [0, 0.1) is 17.8 Å². The zero-order chi connectivity index (χ0) is 7.42. The Hall–Kier alpha value is -0.530. The highest BCUT2D eigenvalue weighted by atomic mass is 16.5. The molecule has 4 atom stereocenters. The van der Waals surface area contributed by atoms with Crippen molar-refractivity contribution in [3.8, 4) is 0 Å². The molecule has 60 valence electrons. The molecule has 0 radical (unpaired) electrons. The number of esters is 1. The number of ether oxygens (including phenoxy) is 1. The van der Waals surface area contributed by atoms with E-state index in [4.69, 9.17) is 4.74 Å². The Morgan fingerprint density at radius 2 is 2.18 bits per heavy atom. The Morgan fingerprint density at radius 3 is 3.00 bits per heavy atom. The van der Waals surface area contributed by atoms with Crippen LogP contribution in [0.3, 0.4) is 0 Å². The zero-order valence-corrected chi connectivity index (χ0v) is 6.45. The van der Waals surface area contributed by atoms with E-state index in [9.17, 15) is 4.79 Å². The van der Waals surface area contributed by atoms with Gasteiger partial charge in [-0.2, -0.15) is 0 Å². The van der Waals surface area contributed by atoms with Gasteiger partial charge in [-0.05, 0) is 37.0 Å². The van der Waals surface area contributed by atoms with Gasteiger partial charge in [0.1, 0.15) is 6.10 Å². The summed E-state index contributed by atoms with van der Waals surface area (Å²) in [4.78, 5) is 11.0. The second-order valence-electron chi connectivity index (χ2n) is 4.13. The molecule has 2 saturated carbocycles. The van der Waals surface area contributed by atoms with Gasteiger partial charge < -0.3 is 4.74 Å². The number of carbonyl (C=O) groups is 1. The van der Waals surface area contributed by atoms with Crippen LogP contribution in [-0.2, 0) is 9.53 Å². The van der Waals surface area contributed by atoms with Gasteiger partial charge in [-0.15, -0.1) is 0 Å². The largest absolute Gasteiger partial charge is 0.462 e. The van der Waals surface area contributed by atoms with E-state index in [1.807, 2.05) is 0 Å². The summed E-state index contributed by atoms with van der Waals surface area (Å²) in [5.74, 6) is 2.34. The van der Waals surface area contributed by atoms with Crippen LogP contribution in [0.4, 0.5) is 0 Å². The number of rotatable bonds is 0. The maximum atomic E-state index is 11.0. The van der Waals surface area contributed by atoms with E-state index in [2.05, 4.69) is 0 Å². The second kappa shape index (κ2) is 1.79. The number of carbonyl (C=O) groups excluding carboxylic acids is 1. The molecular weight excluding hydrogens is 140 g/mol. The molecule has 1 aliphatic heterocycles. The van der Waals surface area contributed by atoms with Gasteiger partial charge in [-0.25, -0.2) is 0 Å². The molecule has 1 saturated heterocycles. The zero-order valence-electron chi connectivity index (χ0n) is 6.45. The van der Waals surface area contributed by atoms with Crippen molar-refractivity contribution in [2.24, 2.45) is 17.8 Å². The van der Waals surface area contributed by atoms with E-state index < -0.39 is 0 Å². The number of hydrogen-bond acceptors (Lipinski definition) is 2. The Bertz CT molecular complexity index is 212. The van der Waals surface area contributed by atoms with E-state index in [1.165, 1.54) is 19.3 Å². The summed E-state index contributed by atoms with van der Waals surface area (Å²) < 4.78 is 5.27. The Kier molecular flexibility index (Phi) is 0.984. The lowest BCUT2D eigenvalue weighted by Gasteiger charge is -2.26. The van der Waals surface area contributed by atoms with Crippen molar-refractivity contribution >= 4 is 5.97 Å². The van der Waals surface area contributed by atoms with Crippen molar-refractivity contribution < 1.29 is 9.53 Å². The quantitative estimate of drug-likeness (QED) is 0.490. The molecular formula is C9H12O2. The fraction of sp³-hybridized carbons (Fsp3) is 0.889. The molecule has 0 aromatic heterocycles. The summed E-state index contributed by atoms with van der Waals surface area (Å²) in [6.45, 7) is 0. The van der Waals surface area contributed by atoms with Crippen molar-refractivity contribution in [3.63, 3.8) is 0 Å². The summed E-state index contributed by atoms with van der Waals surface area (Å²) in [7, 11) is 0. The molecule has 3 fully saturated rings. The first-order valence-corrected chi connectivity index (χ1v) is 4.54. The van der Waals surface area contributed by atoms with E-state index in [1.54, 1.807) is 0 Å². The molecule has 0 unspecified atom stereocenters. The average Bonchev–Trinajstić information content (AvgIpc) is 2.43. The lowest BCUT2D eigenvalue weighted by atomic mass is 9.92. The van der Waals surface area contributed by atoms with Gasteiger partial charge >= 0.3 is 5.97 Å². The third-order valence-corrected chi connectivity index (χ3v) is 3.72. The maximum Gasteiger partial charge on any atom is 0.306 e. The Balaban J connectivity index is 1.95. The minimum Gasteiger partial charge on any atom is -0.462 e. The fourth-order valence-electron chi connectivity index (χ4n) is 3.27. The summed E-state index contributed by atoms with van der Waals surface area (Å²) >= 11 is 0. The lowest BCUT2D eigenvalue weighted by Crippen LogP contribution is -2.30. The van der Waals surface area contributed by atoms with Crippen LogP contribution in [-0.4, -0.2) is 12.1 Å². The molecule has 0 N–H and O–H groups in total. The van der Waals surface area contributed by atoms with Crippen molar-refractivity contribution in [1.29, 1.82) is 0 Å². The van der Waals surface area contributed by atoms with Gasteiger partial charge in [-0.1, -0.05) is 0 Å². The molecule has 3 rings (SSSR count). The molecule has 4 bridgehead atoms. The average molecular weight is 152 g/mol. The maximum absolute atomic E-state index is 11.0. The van der Waals surface area contributed by atoms with E-state index in [0.29, 0.717) is 18.4 Å². The standard InChI is InChI=1S/C9H12O2/c10-9-4-7-5-1-2-6(7)8(3-5)11-9/h5-8H,1-4H2/t5-,6-,7+,8-/m0/s1. The molecule has 1 heterocycles. The fourth-order valence-corrected chi connectivity index (χ4v) is 3.27. The minimum absolute atomic E-state index is 0.0562. The highest BCUT2D eigenvalue weighted by Crippen LogP contribution is 2.54. The molecule has 0 spiro atoms. The van der Waals surface area contributed by atoms with Crippen LogP contribution in [0.5, 0.6) is 0 Å². The molecule has 0 aromatic carbocycles. The topological polar surface area (TPSA) is 26.3 Å². The van der Waals surface area contributed by atoms with Gasteiger partial charge in [0.2, 0.25) is 0 Å². The lowest BCUT2D eigenvalue weighted by molar-refractivity contribution is -0.157. The number of hydrogen-bond donors (Lipinski definition) is 0. The van der Waals surface area contributed by atoms with Crippen LogP contribution < -0.4 is 0 Å². The predicted octanol–water partition coefficient (Wildman–Crippen LogP) is 1.35. The summed E-state index contributed by atoms with van der Waals surface area (Å²) in [5.41, 5.74) is 0. The highest BCUT2D eigenvalue weighted by molar-refractivity contribution is 5.71. The van der Waals surface area contributed by atoms with Crippen molar-refractivity contribution in [3.05, 3.63) is 0 Å². The first-order valence-electron chi connectivity index (χ1n) is 4.54. The van der Waals surface area contributed by atoms with Crippen molar-refractivity contribution in [1.82, 2.24) is 0 Å². The van der Waals surface area contributed by atoms with E-state index in [0.717, 1.165) is 11.8 Å². The van der Waals surface area contributed by atoms with Crippen molar-refractivity contribution in [2.75, 3.05) is 0 Å². The molecule has 2 nitrogen and oxygen atoms in total. The normalized spacial score (nSPS) is 52.9. The molecule has 11 heavy (non-hydrogen) atoms. The van der Waals surface area contributed by atoms with E-state index >= 15 is 0 Å². The smallest absolute Gasteiger partial charge is 0.306 e. The van der Waals surface area contributed by atoms with Crippen LogP contribution in [0.25, 0.3) is 0 Å². The molecule has 2 aliphatic carbocycles. The highest BCUT2D eigenvalue weighted by Gasteiger charge is 2.53. The molecule has 2 heteroatoms. The van der Waals surface area contributed by atoms with E-state index in [-0.39, 0.29) is 5.97 Å². The second-order valence-corrected chi connectivity index (χ2v) is 4.13. The third kappa shape index (κ3) is 0.652. The van der Waals surface area contributed by atoms with Gasteiger partial charge in [-0.3, -0.25) is 4.79 Å². The van der Waals surface area contributed by atoms with Crippen molar-refractivity contribution in [2.45, 2.75) is 31.8 Å². The van der Waals surface area contributed by atoms with Crippen LogP contribution in [0.1, 0.15) is 25.7 Å². The first kappa shape index (κ1) is 6.04. The summed E-state index contributed by atoms with van der Waals surface area (Å²) in [6.07, 6.45) is 4.86. The van der Waals surface area contributed by atoms with Gasteiger partial charge in [0, 0.05) is 6.42 Å². The van der Waals surface area contributed by atoms with Crippen LogP contribution in [0.15, 0.2) is 0 Å². The molecule has 0 amide bonds. The van der Waals surface area contributed by atoms with Crippen LogP contribution in [0.2, 0.25) is 0 Å². The summed E-state index contributed by atoms with van der Waals surface area (Å²) in [5, 5.41) is 0. The predicted molar refractivity (Wildman–Crippen MR) is 38.8 cm³/mol. The Morgan fingerprint density at radius 1 is 1.27 bits per heavy atom. The van der Waals surface area contributed by atoms with Crippen LogP contribution >= 0.6 is 0 Å². The summed E-state index contributed by atoms with van der Waals surface area (Å²) in [6, 6.07) is 0. The SMILES string of the molecule is O=C1C[C@@H]2[C@H]3CC[C@@H]2[C@H](C3)O1. The van der Waals surface area contributed by atoms with Gasteiger partial charge in [0.15, 0.2) is 0 Å². The Labute approximate surface area is 65.9 Å². The third-order valence-electron chi connectivity index (χ3n) is 3.72.